The average Bonchev–Trinajstić information content (AvgIpc) is 3.27. The summed E-state index contributed by atoms with van der Waals surface area (Å²) in [7, 11) is 0. The zero-order chi connectivity index (χ0) is 21.2. The molecule has 0 unspecified atom stereocenters. The van der Waals surface area contributed by atoms with Gasteiger partial charge in [-0.25, -0.2) is 0 Å². The molecule has 0 radical (unpaired) electrons. The van der Waals surface area contributed by atoms with E-state index < -0.39 is 0 Å². The number of likely N-dealkylation sites (tertiary alicyclic amines) is 1. The third kappa shape index (κ3) is 4.41. The van der Waals surface area contributed by atoms with Crippen molar-refractivity contribution in [3.8, 4) is 11.5 Å². The molecule has 1 atom stereocenters. The lowest BCUT2D eigenvalue weighted by Gasteiger charge is -2.43. The quantitative estimate of drug-likeness (QED) is 0.759. The summed E-state index contributed by atoms with van der Waals surface area (Å²) >= 11 is 0. The second-order valence-electron chi connectivity index (χ2n) is 8.86. The van der Waals surface area contributed by atoms with Gasteiger partial charge >= 0.3 is 0 Å². The molecule has 1 amide bonds. The third-order valence-corrected chi connectivity index (χ3v) is 6.83. The molecule has 0 N–H and O–H groups in total. The number of hydrogen-bond acceptors (Lipinski definition) is 5. The van der Waals surface area contributed by atoms with Crippen LogP contribution in [0.25, 0.3) is 0 Å². The first kappa shape index (κ1) is 20.3. The molecule has 0 aliphatic carbocycles. The molecule has 0 bridgehead atoms. The topological polar surface area (TPSA) is 45.3 Å². The average molecular weight is 422 g/mol. The summed E-state index contributed by atoms with van der Waals surface area (Å²) in [5.41, 5.74) is 3.17. The summed E-state index contributed by atoms with van der Waals surface area (Å²) in [6.07, 6.45) is 2.26. The smallest absolute Gasteiger partial charge is 0.254 e. The highest BCUT2D eigenvalue weighted by Crippen LogP contribution is 2.33. The standard InChI is InChI=1S/C25H31N3O3/c1-19-5-2-3-7-22(19)25(29)28-10-4-6-21(17-28)27-13-11-26(12-14-27)16-20-8-9-23-24(15-20)31-18-30-23/h2-3,5,7-9,15,21H,4,6,10-14,16-18H2,1H3/t21-/m1/s1. The lowest BCUT2D eigenvalue weighted by molar-refractivity contribution is 0.0407. The van der Waals surface area contributed by atoms with Gasteiger partial charge in [-0.15, -0.1) is 0 Å². The fourth-order valence-electron chi connectivity index (χ4n) is 5.00. The summed E-state index contributed by atoms with van der Waals surface area (Å²) in [4.78, 5) is 20.2. The second-order valence-corrected chi connectivity index (χ2v) is 8.86. The van der Waals surface area contributed by atoms with Gasteiger partial charge in [-0.3, -0.25) is 14.6 Å². The molecule has 2 saturated heterocycles. The van der Waals surface area contributed by atoms with Gasteiger partial charge in [-0.1, -0.05) is 24.3 Å². The van der Waals surface area contributed by atoms with E-state index in [1.54, 1.807) is 0 Å². The predicted octanol–water partition coefficient (Wildman–Crippen LogP) is 3.15. The van der Waals surface area contributed by atoms with Crippen LogP contribution in [-0.2, 0) is 6.54 Å². The lowest BCUT2D eigenvalue weighted by atomic mass is 10.0. The van der Waals surface area contributed by atoms with Crippen LogP contribution in [0.2, 0.25) is 0 Å². The molecular formula is C25H31N3O3. The van der Waals surface area contributed by atoms with E-state index in [2.05, 4.69) is 26.8 Å². The summed E-state index contributed by atoms with van der Waals surface area (Å²) in [6, 6.07) is 14.6. The molecule has 0 saturated carbocycles. The summed E-state index contributed by atoms with van der Waals surface area (Å²) in [5, 5.41) is 0. The Labute approximate surface area is 184 Å². The van der Waals surface area contributed by atoms with Gasteiger partial charge in [0.25, 0.3) is 5.91 Å². The molecule has 6 nitrogen and oxygen atoms in total. The molecule has 31 heavy (non-hydrogen) atoms. The highest BCUT2D eigenvalue weighted by molar-refractivity contribution is 5.95. The van der Waals surface area contributed by atoms with Crippen molar-refractivity contribution in [1.82, 2.24) is 14.7 Å². The van der Waals surface area contributed by atoms with Gasteiger partial charge in [0.15, 0.2) is 11.5 Å². The molecule has 2 aromatic carbocycles. The Morgan fingerprint density at radius 1 is 1.00 bits per heavy atom. The number of piperazine rings is 1. The SMILES string of the molecule is Cc1ccccc1C(=O)N1CCC[C@@H](N2CCN(Cc3ccc4c(c3)OCO4)CC2)C1. The van der Waals surface area contributed by atoms with E-state index in [1.807, 2.05) is 37.3 Å². The van der Waals surface area contributed by atoms with Crippen molar-refractivity contribution in [3.05, 3.63) is 59.2 Å². The van der Waals surface area contributed by atoms with Crippen molar-refractivity contribution < 1.29 is 14.3 Å². The van der Waals surface area contributed by atoms with Crippen LogP contribution in [0.1, 0.15) is 34.3 Å². The number of nitrogens with zero attached hydrogens (tertiary/aromatic N) is 3. The first-order chi connectivity index (χ1) is 15.2. The van der Waals surface area contributed by atoms with Crippen LogP contribution >= 0.6 is 0 Å². The van der Waals surface area contributed by atoms with Gasteiger partial charge in [-0.2, -0.15) is 0 Å². The third-order valence-electron chi connectivity index (χ3n) is 6.83. The first-order valence-electron chi connectivity index (χ1n) is 11.4. The molecule has 3 aliphatic rings. The molecule has 0 aromatic heterocycles. The second kappa shape index (κ2) is 8.89. The highest BCUT2D eigenvalue weighted by atomic mass is 16.7. The van der Waals surface area contributed by atoms with Crippen molar-refractivity contribution in [1.29, 1.82) is 0 Å². The van der Waals surface area contributed by atoms with Crippen molar-refractivity contribution >= 4 is 5.91 Å². The zero-order valence-electron chi connectivity index (χ0n) is 18.3. The Morgan fingerprint density at radius 3 is 2.65 bits per heavy atom. The van der Waals surface area contributed by atoms with Crippen LogP contribution in [0.4, 0.5) is 0 Å². The number of piperidine rings is 1. The number of fused-ring (bicyclic) bond motifs is 1. The number of rotatable bonds is 4. The number of aryl methyl sites for hydroxylation is 1. The molecule has 2 fully saturated rings. The Morgan fingerprint density at radius 2 is 1.81 bits per heavy atom. The highest BCUT2D eigenvalue weighted by Gasteiger charge is 2.30. The Balaban J connectivity index is 1.15. The molecular weight excluding hydrogens is 390 g/mol. The fourth-order valence-corrected chi connectivity index (χ4v) is 5.00. The van der Waals surface area contributed by atoms with Gasteiger partial charge in [-0.05, 0) is 49.1 Å². The van der Waals surface area contributed by atoms with Gasteiger partial charge < -0.3 is 14.4 Å². The van der Waals surface area contributed by atoms with Crippen LogP contribution < -0.4 is 9.47 Å². The van der Waals surface area contributed by atoms with Crippen LogP contribution in [-0.4, -0.2) is 72.7 Å². The van der Waals surface area contributed by atoms with Gasteiger partial charge in [0.1, 0.15) is 0 Å². The number of hydrogen-bond donors (Lipinski definition) is 0. The molecule has 164 valence electrons. The van der Waals surface area contributed by atoms with Crippen LogP contribution in [0.3, 0.4) is 0 Å². The van der Waals surface area contributed by atoms with Crippen molar-refractivity contribution in [2.45, 2.75) is 32.4 Å². The minimum Gasteiger partial charge on any atom is -0.454 e. The Kier molecular flexibility index (Phi) is 5.83. The van der Waals surface area contributed by atoms with Gasteiger partial charge in [0.05, 0.1) is 0 Å². The van der Waals surface area contributed by atoms with Crippen molar-refractivity contribution in [2.24, 2.45) is 0 Å². The maximum atomic E-state index is 13.1. The first-order valence-corrected chi connectivity index (χ1v) is 11.4. The molecule has 2 aromatic rings. The van der Waals surface area contributed by atoms with E-state index in [0.717, 1.165) is 74.9 Å². The minimum absolute atomic E-state index is 0.184. The maximum Gasteiger partial charge on any atom is 0.254 e. The normalized spacial score (nSPS) is 22.0. The number of carbonyl (C=O) groups excluding carboxylic acids is 1. The summed E-state index contributed by atoms with van der Waals surface area (Å²) in [6.45, 7) is 9.21. The number of amides is 1. The molecule has 5 rings (SSSR count). The summed E-state index contributed by atoms with van der Waals surface area (Å²) < 4.78 is 10.9. The molecule has 3 heterocycles. The van der Waals surface area contributed by atoms with Crippen LogP contribution in [0.5, 0.6) is 11.5 Å². The number of carbonyl (C=O) groups is 1. The van der Waals surface area contributed by atoms with E-state index in [4.69, 9.17) is 9.47 Å². The van der Waals surface area contributed by atoms with Gasteiger partial charge in [0, 0.05) is 57.4 Å². The van der Waals surface area contributed by atoms with E-state index in [9.17, 15) is 4.79 Å². The Bertz CT molecular complexity index is 939. The van der Waals surface area contributed by atoms with E-state index >= 15 is 0 Å². The lowest BCUT2D eigenvalue weighted by Crippen LogP contribution is -2.55. The summed E-state index contributed by atoms with van der Waals surface area (Å²) in [5.74, 6) is 1.89. The predicted molar refractivity (Wildman–Crippen MR) is 120 cm³/mol. The molecule has 6 heteroatoms. The van der Waals surface area contributed by atoms with E-state index in [-0.39, 0.29) is 5.91 Å². The minimum atomic E-state index is 0.184. The maximum absolute atomic E-state index is 13.1. The van der Waals surface area contributed by atoms with Crippen molar-refractivity contribution in [2.75, 3.05) is 46.1 Å². The number of benzene rings is 2. The largest absolute Gasteiger partial charge is 0.454 e. The molecule has 3 aliphatic heterocycles. The molecule has 0 spiro atoms. The van der Waals surface area contributed by atoms with E-state index in [0.29, 0.717) is 12.8 Å². The van der Waals surface area contributed by atoms with Gasteiger partial charge in [0.2, 0.25) is 6.79 Å². The fraction of sp³-hybridized carbons (Fsp3) is 0.480. The van der Waals surface area contributed by atoms with Crippen LogP contribution in [0.15, 0.2) is 42.5 Å². The Hall–Kier alpha value is -2.57. The van der Waals surface area contributed by atoms with Crippen LogP contribution in [0, 0.1) is 6.92 Å². The van der Waals surface area contributed by atoms with E-state index in [1.165, 1.54) is 12.0 Å². The number of ether oxygens (including phenoxy) is 2. The zero-order valence-corrected chi connectivity index (χ0v) is 18.3. The van der Waals surface area contributed by atoms with Crippen molar-refractivity contribution in [3.63, 3.8) is 0 Å². The monoisotopic (exact) mass is 421 g/mol.